The van der Waals surface area contributed by atoms with Crippen molar-refractivity contribution in [1.29, 1.82) is 0 Å². The Hall–Kier alpha value is -2.87. The zero-order valence-electron chi connectivity index (χ0n) is 14.5. The zero-order valence-corrected chi connectivity index (χ0v) is 15.3. The van der Waals surface area contributed by atoms with E-state index >= 15 is 0 Å². The number of piperazine rings is 2. The van der Waals surface area contributed by atoms with Crippen LogP contribution in [0.25, 0.3) is 0 Å². The molecule has 2 saturated heterocycles. The fourth-order valence-corrected chi connectivity index (χ4v) is 4.24. The molecular formula is C19H19N3O4S. The maximum absolute atomic E-state index is 12.8. The number of amides is 3. The SMILES string of the molecule is O=C1N[C@H](Cc2ccc(O)cc2)C(=O)N2CCN(C(=O)c3cccs3)C[C@H]12. The molecule has 3 amide bonds. The normalized spacial score (nSPS) is 22.4. The first-order valence-corrected chi connectivity index (χ1v) is 9.62. The Balaban J connectivity index is 1.45. The van der Waals surface area contributed by atoms with Crippen molar-refractivity contribution in [3.8, 4) is 5.75 Å². The molecule has 27 heavy (non-hydrogen) atoms. The van der Waals surface area contributed by atoms with Gasteiger partial charge in [0.05, 0.1) is 11.4 Å². The van der Waals surface area contributed by atoms with Crippen molar-refractivity contribution in [2.45, 2.75) is 18.5 Å². The molecule has 0 spiro atoms. The maximum atomic E-state index is 12.8. The molecule has 3 heterocycles. The van der Waals surface area contributed by atoms with Crippen molar-refractivity contribution in [2.75, 3.05) is 19.6 Å². The van der Waals surface area contributed by atoms with Gasteiger partial charge in [-0.2, -0.15) is 0 Å². The van der Waals surface area contributed by atoms with E-state index in [0.717, 1.165) is 5.56 Å². The number of carbonyl (C=O) groups excluding carboxylic acids is 3. The minimum Gasteiger partial charge on any atom is -0.508 e. The van der Waals surface area contributed by atoms with Gasteiger partial charge in [-0.15, -0.1) is 11.3 Å². The molecule has 1 aromatic carbocycles. The van der Waals surface area contributed by atoms with Gasteiger partial charge in [0.15, 0.2) is 0 Å². The van der Waals surface area contributed by atoms with Gasteiger partial charge < -0.3 is 20.2 Å². The van der Waals surface area contributed by atoms with Crippen LogP contribution in [0.15, 0.2) is 41.8 Å². The highest BCUT2D eigenvalue weighted by Crippen LogP contribution is 2.21. The molecule has 2 fully saturated rings. The van der Waals surface area contributed by atoms with E-state index < -0.39 is 12.1 Å². The van der Waals surface area contributed by atoms with Crippen LogP contribution in [-0.4, -0.2) is 64.3 Å². The van der Waals surface area contributed by atoms with Crippen LogP contribution in [0.1, 0.15) is 15.2 Å². The molecule has 1 aromatic heterocycles. The summed E-state index contributed by atoms with van der Waals surface area (Å²) in [4.78, 5) is 41.8. The third-order valence-corrected chi connectivity index (χ3v) is 5.83. The molecule has 4 rings (SSSR count). The topological polar surface area (TPSA) is 89.9 Å². The van der Waals surface area contributed by atoms with Crippen LogP contribution < -0.4 is 5.32 Å². The minimum absolute atomic E-state index is 0.101. The smallest absolute Gasteiger partial charge is 0.264 e. The van der Waals surface area contributed by atoms with Crippen LogP contribution in [0, 0.1) is 0 Å². The third kappa shape index (κ3) is 3.40. The zero-order chi connectivity index (χ0) is 19.0. The molecule has 0 saturated carbocycles. The lowest BCUT2D eigenvalue weighted by molar-refractivity contribution is -0.152. The number of nitrogens with one attached hydrogen (secondary N) is 1. The van der Waals surface area contributed by atoms with Gasteiger partial charge in [0.2, 0.25) is 11.8 Å². The summed E-state index contributed by atoms with van der Waals surface area (Å²) in [6.45, 7) is 0.971. The number of nitrogens with zero attached hydrogens (tertiary/aromatic N) is 2. The first kappa shape index (κ1) is 17.5. The first-order valence-electron chi connectivity index (χ1n) is 8.74. The Labute approximate surface area is 160 Å². The van der Waals surface area contributed by atoms with E-state index in [1.54, 1.807) is 40.1 Å². The number of phenolic OH excluding ortho intramolecular Hbond substituents is 1. The van der Waals surface area contributed by atoms with Gasteiger partial charge in [0, 0.05) is 19.5 Å². The summed E-state index contributed by atoms with van der Waals surface area (Å²) in [6, 6.07) is 8.89. The van der Waals surface area contributed by atoms with Crippen LogP contribution in [0.2, 0.25) is 0 Å². The molecule has 140 valence electrons. The Morgan fingerprint density at radius 1 is 1.19 bits per heavy atom. The fraction of sp³-hybridized carbons (Fsp3) is 0.316. The number of thiophene rings is 1. The maximum Gasteiger partial charge on any atom is 0.264 e. The lowest BCUT2D eigenvalue weighted by Gasteiger charge is -2.45. The predicted octanol–water partition coefficient (Wildman–Crippen LogP) is 0.848. The van der Waals surface area contributed by atoms with Crippen molar-refractivity contribution < 1.29 is 19.5 Å². The Kier molecular flexibility index (Phi) is 4.57. The van der Waals surface area contributed by atoms with Gasteiger partial charge in [0.25, 0.3) is 5.91 Å². The third-order valence-electron chi connectivity index (χ3n) is 4.98. The molecule has 0 unspecified atom stereocenters. The first-order chi connectivity index (χ1) is 13.0. The average molecular weight is 385 g/mol. The molecule has 2 atom stereocenters. The number of carbonyl (C=O) groups is 3. The summed E-state index contributed by atoms with van der Waals surface area (Å²) in [5.41, 5.74) is 0.858. The number of hydrogen-bond donors (Lipinski definition) is 2. The number of rotatable bonds is 3. The lowest BCUT2D eigenvalue weighted by atomic mass is 9.98. The minimum atomic E-state index is -0.647. The Morgan fingerprint density at radius 2 is 1.96 bits per heavy atom. The number of phenols is 1. The molecule has 7 nitrogen and oxygen atoms in total. The molecule has 2 aliphatic heterocycles. The largest absolute Gasteiger partial charge is 0.508 e. The average Bonchev–Trinajstić information content (AvgIpc) is 3.21. The number of benzene rings is 1. The standard InChI is InChI=1S/C19H19N3O4S/c23-13-5-3-12(4-6-13)10-14-18(25)22-8-7-21(11-15(22)17(24)20-14)19(26)16-2-1-9-27-16/h1-6,9,14-15,23H,7-8,10-11H2,(H,20,24)/t14-,15-/m1/s1. The summed E-state index contributed by atoms with van der Waals surface area (Å²) in [6.07, 6.45) is 0.367. The number of fused-ring (bicyclic) bond motifs is 1. The second-order valence-electron chi connectivity index (χ2n) is 6.71. The van der Waals surface area contributed by atoms with E-state index in [4.69, 9.17) is 0 Å². The molecule has 8 heteroatoms. The van der Waals surface area contributed by atoms with Crippen molar-refractivity contribution in [3.63, 3.8) is 0 Å². The second-order valence-corrected chi connectivity index (χ2v) is 7.66. The van der Waals surface area contributed by atoms with E-state index in [1.165, 1.54) is 11.3 Å². The molecule has 2 aromatic rings. The van der Waals surface area contributed by atoms with E-state index in [0.29, 0.717) is 24.4 Å². The number of hydrogen-bond acceptors (Lipinski definition) is 5. The lowest BCUT2D eigenvalue weighted by Crippen LogP contribution is -2.70. The Morgan fingerprint density at radius 3 is 2.67 bits per heavy atom. The summed E-state index contributed by atoms with van der Waals surface area (Å²) < 4.78 is 0. The highest BCUT2D eigenvalue weighted by atomic mass is 32.1. The summed E-state index contributed by atoms with van der Waals surface area (Å²) in [5.74, 6) is -0.307. The van der Waals surface area contributed by atoms with Crippen LogP contribution >= 0.6 is 11.3 Å². The Bertz CT molecular complexity index is 866. The number of aromatic hydroxyl groups is 1. The predicted molar refractivity (Wildman–Crippen MR) is 99.5 cm³/mol. The molecule has 0 aliphatic carbocycles. The fourth-order valence-electron chi connectivity index (χ4n) is 3.55. The van der Waals surface area contributed by atoms with Crippen molar-refractivity contribution in [1.82, 2.24) is 15.1 Å². The van der Waals surface area contributed by atoms with Crippen LogP contribution in [0.5, 0.6) is 5.75 Å². The van der Waals surface area contributed by atoms with Gasteiger partial charge in [-0.05, 0) is 29.1 Å². The molecule has 2 aliphatic rings. The summed E-state index contributed by atoms with van der Waals surface area (Å²) in [5, 5.41) is 14.0. The van der Waals surface area contributed by atoms with E-state index in [2.05, 4.69) is 5.32 Å². The van der Waals surface area contributed by atoms with Gasteiger partial charge in [-0.1, -0.05) is 18.2 Å². The molecule has 2 N–H and O–H groups in total. The van der Waals surface area contributed by atoms with E-state index in [1.807, 2.05) is 11.4 Å². The van der Waals surface area contributed by atoms with E-state index in [-0.39, 0.29) is 30.0 Å². The quantitative estimate of drug-likeness (QED) is 0.820. The van der Waals surface area contributed by atoms with Crippen LogP contribution in [-0.2, 0) is 16.0 Å². The monoisotopic (exact) mass is 385 g/mol. The van der Waals surface area contributed by atoms with Crippen molar-refractivity contribution >= 4 is 29.1 Å². The molecular weight excluding hydrogens is 366 g/mol. The second kappa shape index (κ2) is 7.03. The van der Waals surface area contributed by atoms with Gasteiger partial charge >= 0.3 is 0 Å². The van der Waals surface area contributed by atoms with E-state index in [9.17, 15) is 19.5 Å². The van der Waals surface area contributed by atoms with Crippen molar-refractivity contribution in [3.05, 3.63) is 52.2 Å². The van der Waals surface area contributed by atoms with Gasteiger partial charge in [-0.3, -0.25) is 14.4 Å². The van der Waals surface area contributed by atoms with Crippen LogP contribution in [0.4, 0.5) is 0 Å². The summed E-state index contributed by atoms with van der Waals surface area (Å²) in [7, 11) is 0. The molecule has 0 bridgehead atoms. The highest BCUT2D eigenvalue weighted by molar-refractivity contribution is 7.12. The van der Waals surface area contributed by atoms with Gasteiger partial charge in [0.1, 0.15) is 17.8 Å². The molecule has 0 radical (unpaired) electrons. The summed E-state index contributed by atoms with van der Waals surface area (Å²) >= 11 is 1.37. The van der Waals surface area contributed by atoms with Crippen LogP contribution in [0.3, 0.4) is 0 Å². The van der Waals surface area contributed by atoms with Gasteiger partial charge in [-0.25, -0.2) is 0 Å². The highest BCUT2D eigenvalue weighted by Gasteiger charge is 2.44. The van der Waals surface area contributed by atoms with Crippen molar-refractivity contribution in [2.24, 2.45) is 0 Å².